The minimum absolute atomic E-state index is 0.160. The van der Waals surface area contributed by atoms with Crippen LogP contribution in [0.1, 0.15) is 23.0 Å². The highest BCUT2D eigenvalue weighted by Gasteiger charge is 2.07. The normalized spacial score (nSPS) is 9.76. The number of carboxylic acids is 1. The second kappa shape index (κ2) is 5.83. The molecule has 0 aliphatic heterocycles. The Kier molecular flexibility index (Phi) is 4.45. The SMILES string of the molecule is CCN(C)C(=O)NCc1cc(C(=O)O)ccn1. The third-order valence-electron chi connectivity index (χ3n) is 2.31. The van der Waals surface area contributed by atoms with Crippen molar-refractivity contribution in [3.63, 3.8) is 0 Å². The Hall–Kier alpha value is -2.11. The Morgan fingerprint density at radius 2 is 2.24 bits per heavy atom. The Morgan fingerprint density at radius 3 is 2.82 bits per heavy atom. The molecule has 1 heterocycles. The van der Waals surface area contributed by atoms with Crippen LogP contribution in [0.5, 0.6) is 0 Å². The van der Waals surface area contributed by atoms with Crippen LogP contribution in [-0.2, 0) is 6.54 Å². The van der Waals surface area contributed by atoms with Crippen molar-refractivity contribution in [1.82, 2.24) is 15.2 Å². The van der Waals surface area contributed by atoms with E-state index in [0.717, 1.165) is 0 Å². The first kappa shape index (κ1) is 13.0. The average Bonchev–Trinajstić information content (AvgIpc) is 2.35. The van der Waals surface area contributed by atoms with E-state index in [1.165, 1.54) is 23.2 Å². The molecule has 17 heavy (non-hydrogen) atoms. The molecule has 2 N–H and O–H groups in total. The molecular weight excluding hydrogens is 222 g/mol. The van der Waals surface area contributed by atoms with Gasteiger partial charge in [-0.15, -0.1) is 0 Å². The predicted molar refractivity (Wildman–Crippen MR) is 61.7 cm³/mol. The molecule has 2 amide bonds. The fourth-order valence-electron chi connectivity index (χ4n) is 1.15. The van der Waals surface area contributed by atoms with E-state index in [-0.39, 0.29) is 18.1 Å². The number of aromatic carboxylic acids is 1. The molecule has 0 saturated carbocycles. The number of pyridine rings is 1. The number of carbonyl (C=O) groups excluding carboxylic acids is 1. The largest absolute Gasteiger partial charge is 0.478 e. The van der Waals surface area contributed by atoms with Gasteiger partial charge in [-0.3, -0.25) is 4.98 Å². The van der Waals surface area contributed by atoms with Gasteiger partial charge >= 0.3 is 12.0 Å². The molecule has 0 fully saturated rings. The summed E-state index contributed by atoms with van der Waals surface area (Å²) in [6.45, 7) is 2.68. The lowest BCUT2D eigenvalue weighted by Crippen LogP contribution is -2.36. The molecule has 0 aromatic carbocycles. The van der Waals surface area contributed by atoms with Gasteiger partial charge in [0.05, 0.1) is 17.8 Å². The number of hydrogen-bond donors (Lipinski definition) is 2. The minimum atomic E-state index is -1.01. The Labute approximate surface area is 99.3 Å². The number of aromatic nitrogens is 1. The lowest BCUT2D eigenvalue weighted by atomic mass is 10.2. The van der Waals surface area contributed by atoms with Crippen molar-refractivity contribution in [2.24, 2.45) is 0 Å². The molecule has 0 saturated heterocycles. The van der Waals surface area contributed by atoms with E-state index in [2.05, 4.69) is 10.3 Å². The van der Waals surface area contributed by atoms with Crippen LogP contribution >= 0.6 is 0 Å². The van der Waals surface area contributed by atoms with Crippen molar-refractivity contribution in [3.05, 3.63) is 29.6 Å². The quantitative estimate of drug-likeness (QED) is 0.816. The molecule has 1 aromatic heterocycles. The zero-order chi connectivity index (χ0) is 12.8. The Bertz CT molecular complexity index is 420. The molecule has 6 heteroatoms. The highest BCUT2D eigenvalue weighted by Crippen LogP contribution is 2.01. The summed E-state index contributed by atoms with van der Waals surface area (Å²) in [6.07, 6.45) is 1.41. The van der Waals surface area contributed by atoms with E-state index in [0.29, 0.717) is 12.2 Å². The molecule has 1 aromatic rings. The van der Waals surface area contributed by atoms with Gasteiger partial charge in [0.2, 0.25) is 0 Å². The van der Waals surface area contributed by atoms with Gasteiger partial charge in [-0.05, 0) is 19.1 Å². The van der Waals surface area contributed by atoms with Crippen molar-refractivity contribution in [3.8, 4) is 0 Å². The second-order valence-electron chi connectivity index (χ2n) is 3.51. The summed E-state index contributed by atoms with van der Waals surface area (Å²) in [7, 11) is 1.68. The van der Waals surface area contributed by atoms with E-state index in [4.69, 9.17) is 5.11 Å². The van der Waals surface area contributed by atoms with Gasteiger partial charge in [0.25, 0.3) is 0 Å². The summed E-state index contributed by atoms with van der Waals surface area (Å²) in [5.41, 5.74) is 0.677. The van der Waals surface area contributed by atoms with Gasteiger partial charge in [-0.2, -0.15) is 0 Å². The predicted octanol–water partition coefficient (Wildman–Crippen LogP) is 0.941. The monoisotopic (exact) mass is 237 g/mol. The van der Waals surface area contributed by atoms with Crippen molar-refractivity contribution in [1.29, 1.82) is 0 Å². The highest BCUT2D eigenvalue weighted by atomic mass is 16.4. The zero-order valence-electron chi connectivity index (χ0n) is 9.80. The first-order chi connectivity index (χ1) is 8.04. The first-order valence-electron chi connectivity index (χ1n) is 5.21. The third kappa shape index (κ3) is 3.75. The molecule has 1 rings (SSSR count). The summed E-state index contributed by atoms with van der Waals surface area (Å²) in [5.74, 6) is -1.01. The van der Waals surface area contributed by atoms with Gasteiger partial charge in [0.15, 0.2) is 0 Å². The fraction of sp³-hybridized carbons (Fsp3) is 0.364. The van der Waals surface area contributed by atoms with Crippen LogP contribution in [0.2, 0.25) is 0 Å². The number of carbonyl (C=O) groups is 2. The second-order valence-corrected chi connectivity index (χ2v) is 3.51. The number of nitrogens with zero attached hydrogens (tertiary/aromatic N) is 2. The number of hydrogen-bond acceptors (Lipinski definition) is 3. The number of rotatable bonds is 4. The molecule has 0 unspecified atom stereocenters. The number of urea groups is 1. The van der Waals surface area contributed by atoms with Gasteiger partial charge < -0.3 is 15.3 Å². The summed E-state index contributed by atoms with van der Waals surface area (Å²) in [6, 6.07) is 2.63. The van der Waals surface area contributed by atoms with Crippen LogP contribution in [0.4, 0.5) is 4.79 Å². The van der Waals surface area contributed by atoms with Gasteiger partial charge in [-0.1, -0.05) is 0 Å². The van der Waals surface area contributed by atoms with Crippen LogP contribution in [0.15, 0.2) is 18.3 Å². The van der Waals surface area contributed by atoms with Crippen molar-refractivity contribution < 1.29 is 14.7 Å². The zero-order valence-corrected chi connectivity index (χ0v) is 9.80. The van der Waals surface area contributed by atoms with E-state index in [1.807, 2.05) is 6.92 Å². The lowest BCUT2D eigenvalue weighted by Gasteiger charge is -2.15. The Morgan fingerprint density at radius 1 is 1.53 bits per heavy atom. The van der Waals surface area contributed by atoms with Gasteiger partial charge in [0, 0.05) is 19.8 Å². The van der Waals surface area contributed by atoms with Crippen LogP contribution in [0.25, 0.3) is 0 Å². The topological polar surface area (TPSA) is 82.5 Å². The molecule has 0 atom stereocenters. The van der Waals surface area contributed by atoms with Gasteiger partial charge in [0.1, 0.15) is 0 Å². The summed E-state index contributed by atoms with van der Waals surface area (Å²) in [5, 5.41) is 11.4. The van der Waals surface area contributed by atoms with E-state index >= 15 is 0 Å². The van der Waals surface area contributed by atoms with Crippen molar-refractivity contribution >= 4 is 12.0 Å². The first-order valence-corrected chi connectivity index (χ1v) is 5.21. The van der Waals surface area contributed by atoms with E-state index in [9.17, 15) is 9.59 Å². The van der Waals surface area contributed by atoms with Crippen molar-refractivity contribution in [2.45, 2.75) is 13.5 Å². The molecule has 0 radical (unpaired) electrons. The van der Waals surface area contributed by atoms with Crippen LogP contribution < -0.4 is 5.32 Å². The summed E-state index contributed by atoms with van der Waals surface area (Å²) < 4.78 is 0. The molecule has 0 bridgehead atoms. The Balaban J connectivity index is 2.60. The van der Waals surface area contributed by atoms with Gasteiger partial charge in [-0.25, -0.2) is 9.59 Å². The number of amides is 2. The standard InChI is InChI=1S/C11H15N3O3/c1-3-14(2)11(17)13-7-9-6-8(10(15)16)4-5-12-9/h4-6H,3,7H2,1-2H3,(H,13,17)(H,15,16). The maximum Gasteiger partial charge on any atom is 0.335 e. The fourth-order valence-corrected chi connectivity index (χ4v) is 1.15. The average molecular weight is 237 g/mol. The van der Waals surface area contributed by atoms with E-state index < -0.39 is 5.97 Å². The summed E-state index contributed by atoms with van der Waals surface area (Å²) >= 11 is 0. The molecular formula is C11H15N3O3. The molecule has 0 spiro atoms. The van der Waals surface area contributed by atoms with Crippen molar-refractivity contribution in [2.75, 3.05) is 13.6 Å². The summed E-state index contributed by atoms with van der Waals surface area (Å²) in [4.78, 5) is 27.7. The molecule has 92 valence electrons. The van der Waals surface area contributed by atoms with E-state index in [1.54, 1.807) is 7.05 Å². The molecule has 6 nitrogen and oxygen atoms in total. The van der Waals surface area contributed by atoms with Crippen LogP contribution in [-0.4, -0.2) is 40.6 Å². The molecule has 0 aliphatic rings. The minimum Gasteiger partial charge on any atom is -0.478 e. The molecule has 0 aliphatic carbocycles. The smallest absolute Gasteiger partial charge is 0.335 e. The van der Waals surface area contributed by atoms with Crippen LogP contribution in [0.3, 0.4) is 0 Å². The third-order valence-corrected chi connectivity index (χ3v) is 2.31. The van der Waals surface area contributed by atoms with Crippen LogP contribution in [0, 0.1) is 0 Å². The number of carboxylic acid groups (broad SMARTS) is 1. The number of nitrogens with one attached hydrogen (secondary N) is 1. The highest BCUT2D eigenvalue weighted by molar-refractivity contribution is 5.87. The maximum absolute atomic E-state index is 11.4. The lowest BCUT2D eigenvalue weighted by molar-refractivity contribution is 0.0696. The maximum atomic E-state index is 11.4.